The van der Waals surface area contributed by atoms with E-state index < -0.39 is 0 Å². The Balaban J connectivity index is 0.000000158. The Hall–Kier alpha value is -2.63. The summed E-state index contributed by atoms with van der Waals surface area (Å²) in [6.07, 6.45) is 6.13. The molecule has 0 radical (unpaired) electrons. The van der Waals surface area contributed by atoms with Crippen LogP contribution < -0.4 is 0 Å². The van der Waals surface area contributed by atoms with Gasteiger partial charge in [0.1, 0.15) is 6.20 Å². The van der Waals surface area contributed by atoms with Crippen molar-refractivity contribution in [1.29, 1.82) is 0 Å². The monoisotopic (exact) mass is 278 g/mol. The molecule has 0 aliphatic carbocycles. The molecular formula is C14H18N2O4. The lowest BCUT2D eigenvalue weighted by atomic mass is 10.2. The Morgan fingerprint density at radius 3 is 2.25 bits per heavy atom. The van der Waals surface area contributed by atoms with Crippen LogP contribution in [0.5, 0.6) is 5.95 Å². The largest absolute Gasteiger partial charge is 0.481 e. The number of aromatic nitrogens is 2. The lowest BCUT2D eigenvalue weighted by molar-refractivity contribution is -0.453. The van der Waals surface area contributed by atoms with Gasteiger partial charge in [-0.15, -0.1) is 0 Å². The zero-order valence-corrected chi connectivity index (χ0v) is 11.7. The summed E-state index contributed by atoms with van der Waals surface area (Å²) in [7, 11) is 0. The van der Waals surface area contributed by atoms with Crippen molar-refractivity contribution in [3.05, 3.63) is 55.2 Å². The topological polar surface area (TPSA) is 82.6 Å². The van der Waals surface area contributed by atoms with Crippen LogP contribution in [0.25, 0.3) is 0 Å². The van der Waals surface area contributed by atoms with E-state index in [0.29, 0.717) is 0 Å². The number of aromatic amines is 1. The van der Waals surface area contributed by atoms with Crippen LogP contribution in [0.1, 0.15) is 20.8 Å². The van der Waals surface area contributed by atoms with E-state index in [4.69, 9.17) is 14.3 Å². The third kappa shape index (κ3) is 5.81. The van der Waals surface area contributed by atoms with E-state index in [1.165, 1.54) is 13.0 Å². The summed E-state index contributed by atoms with van der Waals surface area (Å²) in [4.78, 5) is 6.27. The van der Waals surface area contributed by atoms with Gasteiger partial charge in [-0.25, -0.2) is 4.98 Å². The summed E-state index contributed by atoms with van der Waals surface area (Å²) in [6, 6.07) is 3.89. The van der Waals surface area contributed by atoms with Crippen LogP contribution in [0.15, 0.2) is 52.9 Å². The van der Waals surface area contributed by atoms with Crippen molar-refractivity contribution < 1.29 is 18.7 Å². The third-order valence-corrected chi connectivity index (χ3v) is 2.42. The second-order valence-corrected chi connectivity index (χ2v) is 3.79. The minimum Gasteiger partial charge on any atom is -0.481 e. The van der Waals surface area contributed by atoms with Crippen LogP contribution in [-0.2, 0) is 9.16 Å². The summed E-state index contributed by atoms with van der Waals surface area (Å²) < 4.78 is 14.2. The second-order valence-electron chi connectivity index (χ2n) is 3.79. The summed E-state index contributed by atoms with van der Waals surface area (Å²) in [5, 5.41) is 8.24. The maximum absolute atomic E-state index is 8.24. The van der Waals surface area contributed by atoms with E-state index in [1.54, 1.807) is 0 Å². The van der Waals surface area contributed by atoms with Crippen molar-refractivity contribution in [2.45, 2.75) is 20.8 Å². The van der Waals surface area contributed by atoms with Gasteiger partial charge in [0.15, 0.2) is 12.2 Å². The standard InChI is InChI=1S/C7H10O2.C4H5N.C3H3NO2/c1-5-6(2)8-4-9-7(5)3;1-2-4-5-3-1;5-3-1-4-2-6-3/h4H,1-3H3;1-5H;1-2,5H. The molecule has 0 amide bonds. The molecule has 0 spiro atoms. The Morgan fingerprint density at radius 2 is 1.95 bits per heavy atom. The van der Waals surface area contributed by atoms with Gasteiger partial charge in [-0.2, -0.15) is 0 Å². The highest BCUT2D eigenvalue weighted by Gasteiger charge is 2.08. The Kier molecular flexibility index (Phi) is 6.53. The number of ether oxygens (including phenoxy) is 1. The first kappa shape index (κ1) is 15.4. The van der Waals surface area contributed by atoms with Gasteiger partial charge in [-0.05, 0) is 38.5 Å². The van der Waals surface area contributed by atoms with Gasteiger partial charge in [0.25, 0.3) is 0 Å². The van der Waals surface area contributed by atoms with Crippen molar-refractivity contribution >= 4 is 5.78 Å². The van der Waals surface area contributed by atoms with Gasteiger partial charge in [-0.3, -0.25) is 0 Å². The molecule has 0 atom stereocenters. The first-order valence-electron chi connectivity index (χ1n) is 5.93. The van der Waals surface area contributed by atoms with Gasteiger partial charge in [0.2, 0.25) is 0 Å². The fourth-order valence-corrected chi connectivity index (χ4v) is 1.08. The van der Waals surface area contributed by atoms with Crippen molar-refractivity contribution in [2.75, 3.05) is 0 Å². The van der Waals surface area contributed by atoms with Gasteiger partial charge >= 0.3 is 12.7 Å². The lowest BCUT2D eigenvalue weighted by Crippen LogP contribution is -2.07. The zero-order chi connectivity index (χ0) is 14.8. The summed E-state index contributed by atoms with van der Waals surface area (Å²) in [6.45, 7) is 7.14. The normalized spacial score (nSPS) is 12.8. The average Bonchev–Trinajstić information content (AvgIpc) is 3.12. The smallest absolute Gasteiger partial charge is 0.332 e. The van der Waals surface area contributed by atoms with Crippen LogP contribution in [-0.4, -0.2) is 20.9 Å². The number of aromatic hydroxyl groups is 1. The predicted molar refractivity (Wildman–Crippen MR) is 73.4 cm³/mol. The molecule has 0 unspecified atom stereocenters. The highest BCUT2D eigenvalue weighted by atomic mass is 16.6. The summed E-state index contributed by atoms with van der Waals surface area (Å²) in [5.74, 6) is 1.69. The van der Waals surface area contributed by atoms with Crippen molar-refractivity contribution in [2.24, 2.45) is 0 Å². The number of nitrogens with one attached hydrogen (secondary N) is 1. The zero-order valence-electron chi connectivity index (χ0n) is 11.7. The van der Waals surface area contributed by atoms with Crippen LogP contribution in [0.4, 0.5) is 0 Å². The number of hydrogen-bond acceptors (Lipinski definition) is 4. The molecule has 1 aliphatic heterocycles. The van der Waals surface area contributed by atoms with Crippen molar-refractivity contribution in [3.63, 3.8) is 0 Å². The fourth-order valence-electron chi connectivity index (χ4n) is 1.08. The fraction of sp³-hybridized carbons (Fsp3) is 0.214. The number of ketones is 1. The molecule has 0 bridgehead atoms. The number of rotatable bonds is 0. The minimum absolute atomic E-state index is 0.144. The number of hydrogen-bond donors (Lipinski definition) is 2. The minimum atomic E-state index is -0.144. The molecule has 0 fully saturated rings. The number of nitrogens with zero attached hydrogens (tertiary/aromatic N) is 1. The van der Waals surface area contributed by atoms with Gasteiger partial charge in [0.05, 0.1) is 5.76 Å². The highest BCUT2D eigenvalue weighted by Crippen LogP contribution is 2.11. The number of H-pyrrole nitrogens is 1. The first-order valence-corrected chi connectivity index (χ1v) is 5.93. The van der Waals surface area contributed by atoms with Gasteiger partial charge in [-0.1, -0.05) is 0 Å². The molecule has 0 saturated heterocycles. The molecule has 2 N–H and O–H groups in total. The van der Waals surface area contributed by atoms with Crippen molar-refractivity contribution in [3.8, 4) is 5.95 Å². The maximum Gasteiger partial charge on any atom is 0.332 e. The second kappa shape index (κ2) is 8.47. The van der Waals surface area contributed by atoms with Gasteiger partial charge in [0, 0.05) is 12.4 Å². The SMILES string of the molecule is CC1=[O+][CH-]OC(C)=C1C.Oc1cnco1.c1cc[nH]c1. The van der Waals surface area contributed by atoms with E-state index >= 15 is 0 Å². The van der Waals surface area contributed by atoms with Crippen LogP contribution in [0.3, 0.4) is 0 Å². The first-order chi connectivity index (χ1) is 9.61. The van der Waals surface area contributed by atoms with Crippen molar-refractivity contribution in [1.82, 2.24) is 9.97 Å². The van der Waals surface area contributed by atoms with Gasteiger partial charge < -0.3 is 23.7 Å². The Labute approximate surface area is 117 Å². The van der Waals surface area contributed by atoms with E-state index in [9.17, 15) is 0 Å². The molecule has 0 aromatic carbocycles. The molecule has 6 nitrogen and oxygen atoms in total. The van der Waals surface area contributed by atoms with E-state index in [-0.39, 0.29) is 5.95 Å². The van der Waals surface area contributed by atoms with E-state index in [1.807, 2.05) is 45.3 Å². The number of carbonyl (C=O) groups excluding carboxylic acids is 1. The molecule has 3 heterocycles. The van der Waals surface area contributed by atoms with Crippen LogP contribution in [0.2, 0.25) is 0 Å². The molecule has 0 saturated carbocycles. The van der Waals surface area contributed by atoms with E-state index in [0.717, 1.165) is 23.5 Å². The Bertz CT molecular complexity index is 510. The number of oxazole rings is 1. The molecule has 2 aromatic heterocycles. The Morgan fingerprint density at radius 1 is 1.25 bits per heavy atom. The molecule has 6 heteroatoms. The predicted octanol–water partition coefficient (Wildman–Crippen LogP) is 2.95. The third-order valence-electron chi connectivity index (χ3n) is 2.42. The molecule has 3 rings (SSSR count). The average molecular weight is 278 g/mol. The lowest BCUT2D eigenvalue weighted by Gasteiger charge is -2.11. The van der Waals surface area contributed by atoms with E-state index in [2.05, 4.69) is 14.4 Å². The molecule has 20 heavy (non-hydrogen) atoms. The van der Waals surface area contributed by atoms with Crippen LogP contribution >= 0.6 is 0 Å². The summed E-state index contributed by atoms with van der Waals surface area (Å²) in [5.41, 5.74) is 1.08. The van der Waals surface area contributed by atoms with Crippen LogP contribution in [0, 0.1) is 6.79 Å². The molecular weight excluding hydrogens is 260 g/mol. The number of allylic oxidation sites excluding steroid dienone is 2. The molecule has 1 aliphatic rings. The molecule has 108 valence electrons. The highest BCUT2D eigenvalue weighted by molar-refractivity contribution is 5.93. The summed E-state index contributed by atoms with van der Waals surface area (Å²) >= 11 is 0. The quantitative estimate of drug-likeness (QED) is 0.573. The maximum atomic E-state index is 8.24. The molecule has 2 aromatic rings.